The van der Waals surface area contributed by atoms with E-state index >= 15 is 0 Å². The molecule has 0 saturated heterocycles. The highest BCUT2D eigenvalue weighted by molar-refractivity contribution is 7.99. The average Bonchev–Trinajstić information content (AvgIpc) is 2.29. The second-order valence-electron chi connectivity index (χ2n) is 5.10. The van der Waals surface area contributed by atoms with Crippen LogP contribution >= 0.6 is 11.8 Å². The predicted molar refractivity (Wildman–Crippen MR) is 75.4 cm³/mol. The fourth-order valence-corrected chi connectivity index (χ4v) is 2.43. The third-order valence-corrected chi connectivity index (χ3v) is 4.71. The van der Waals surface area contributed by atoms with Gasteiger partial charge in [-0.1, -0.05) is 46.8 Å². The first-order valence-electron chi connectivity index (χ1n) is 6.26. The number of benzene rings is 1. The van der Waals surface area contributed by atoms with Crippen LogP contribution in [0.3, 0.4) is 0 Å². The minimum Gasteiger partial charge on any atom is -0.123 e. The molecular weight excluding hydrogens is 212 g/mol. The first-order valence-corrected chi connectivity index (χ1v) is 7.14. The molecule has 0 nitrogen and oxygen atoms in total. The van der Waals surface area contributed by atoms with Crippen molar-refractivity contribution in [2.24, 2.45) is 0 Å². The van der Waals surface area contributed by atoms with Crippen molar-refractivity contribution in [1.29, 1.82) is 0 Å². The van der Waals surface area contributed by atoms with E-state index in [9.17, 15) is 0 Å². The quantitative estimate of drug-likeness (QED) is 0.628. The third kappa shape index (κ3) is 3.55. The molecule has 0 saturated carbocycles. The summed E-state index contributed by atoms with van der Waals surface area (Å²) in [6, 6.07) is 9.11. The summed E-state index contributed by atoms with van der Waals surface area (Å²) < 4.78 is 0. The lowest BCUT2D eigenvalue weighted by Gasteiger charge is -2.23. The van der Waals surface area contributed by atoms with Crippen molar-refractivity contribution in [2.75, 3.05) is 0 Å². The summed E-state index contributed by atoms with van der Waals surface area (Å²) in [5.74, 6) is 0. The molecule has 0 fully saturated rings. The zero-order valence-electron chi connectivity index (χ0n) is 11.2. The Morgan fingerprint density at radius 2 is 1.69 bits per heavy atom. The summed E-state index contributed by atoms with van der Waals surface area (Å²) in [5, 5.41) is 0.713. The standard InChI is InChI=1S/C15H24S/c1-6-12(3)16-14-10-8-13(9-11-14)15(4,5)7-2/h8-12H,6-7H2,1-5H3. The molecule has 0 amide bonds. The van der Waals surface area contributed by atoms with Gasteiger partial charge in [0, 0.05) is 10.1 Å². The normalized spacial score (nSPS) is 13.8. The maximum absolute atomic E-state index is 2.31. The second-order valence-corrected chi connectivity index (χ2v) is 6.61. The van der Waals surface area contributed by atoms with Crippen LogP contribution in [0.25, 0.3) is 0 Å². The molecular formula is C15H24S. The van der Waals surface area contributed by atoms with Crippen LogP contribution in [-0.2, 0) is 5.41 Å². The molecule has 0 aromatic heterocycles. The molecule has 0 bridgehead atoms. The van der Waals surface area contributed by atoms with Crippen LogP contribution in [0.4, 0.5) is 0 Å². The fraction of sp³-hybridized carbons (Fsp3) is 0.600. The van der Waals surface area contributed by atoms with Gasteiger partial charge in [0.05, 0.1) is 0 Å². The average molecular weight is 236 g/mol. The SMILES string of the molecule is CCC(C)Sc1ccc(C(C)(C)CC)cc1. The fourth-order valence-electron chi connectivity index (χ4n) is 1.50. The summed E-state index contributed by atoms with van der Waals surface area (Å²) in [5.41, 5.74) is 1.75. The van der Waals surface area contributed by atoms with E-state index in [2.05, 4.69) is 58.9 Å². The summed E-state index contributed by atoms with van der Waals surface area (Å²) in [7, 11) is 0. The van der Waals surface area contributed by atoms with Gasteiger partial charge in [-0.25, -0.2) is 0 Å². The number of hydrogen-bond acceptors (Lipinski definition) is 1. The lowest BCUT2D eigenvalue weighted by atomic mass is 9.82. The zero-order valence-corrected chi connectivity index (χ0v) is 12.0. The molecule has 0 N–H and O–H groups in total. The van der Waals surface area contributed by atoms with E-state index in [1.807, 2.05) is 11.8 Å². The van der Waals surface area contributed by atoms with Gasteiger partial charge >= 0.3 is 0 Å². The van der Waals surface area contributed by atoms with Crippen molar-refractivity contribution in [2.45, 2.75) is 63.0 Å². The van der Waals surface area contributed by atoms with Gasteiger partial charge in [-0.2, -0.15) is 0 Å². The molecule has 0 radical (unpaired) electrons. The molecule has 1 atom stereocenters. The molecule has 0 aliphatic heterocycles. The molecule has 1 rings (SSSR count). The molecule has 1 aromatic rings. The van der Waals surface area contributed by atoms with E-state index in [4.69, 9.17) is 0 Å². The van der Waals surface area contributed by atoms with Crippen molar-refractivity contribution in [3.8, 4) is 0 Å². The summed E-state index contributed by atoms with van der Waals surface area (Å²) in [6.07, 6.45) is 2.41. The first kappa shape index (κ1) is 13.6. The molecule has 1 heteroatoms. The summed E-state index contributed by atoms with van der Waals surface area (Å²) >= 11 is 1.97. The highest BCUT2D eigenvalue weighted by Gasteiger charge is 2.17. The Hall–Kier alpha value is -0.430. The Labute approximate surface area is 105 Å². The highest BCUT2D eigenvalue weighted by Crippen LogP contribution is 2.30. The monoisotopic (exact) mass is 236 g/mol. The van der Waals surface area contributed by atoms with Crippen LogP contribution in [0.2, 0.25) is 0 Å². The molecule has 1 aromatic carbocycles. The van der Waals surface area contributed by atoms with Crippen LogP contribution in [0.15, 0.2) is 29.2 Å². The summed E-state index contributed by atoms with van der Waals surface area (Å²) in [4.78, 5) is 1.39. The van der Waals surface area contributed by atoms with Gasteiger partial charge in [-0.05, 0) is 36.0 Å². The lowest BCUT2D eigenvalue weighted by Crippen LogP contribution is -2.14. The smallest absolute Gasteiger partial charge is 0.00748 e. The van der Waals surface area contributed by atoms with Crippen molar-refractivity contribution in [1.82, 2.24) is 0 Å². The van der Waals surface area contributed by atoms with E-state index < -0.39 is 0 Å². The third-order valence-electron chi connectivity index (χ3n) is 3.43. The van der Waals surface area contributed by atoms with Crippen molar-refractivity contribution in [3.63, 3.8) is 0 Å². The van der Waals surface area contributed by atoms with E-state index in [0.717, 1.165) is 0 Å². The Morgan fingerprint density at radius 3 is 2.12 bits per heavy atom. The predicted octanol–water partition coefficient (Wildman–Crippen LogP) is 5.26. The van der Waals surface area contributed by atoms with Crippen molar-refractivity contribution >= 4 is 11.8 Å². The molecule has 16 heavy (non-hydrogen) atoms. The second kappa shape index (κ2) is 5.77. The Morgan fingerprint density at radius 1 is 1.12 bits per heavy atom. The topological polar surface area (TPSA) is 0 Å². The number of hydrogen-bond donors (Lipinski definition) is 0. The maximum atomic E-state index is 2.31. The number of thioether (sulfide) groups is 1. The van der Waals surface area contributed by atoms with E-state index in [1.165, 1.54) is 23.3 Å². The Bertz CT molecular complexity index is 311. The minimum absolute atomic E-state index is 0.305. The lowest BCUT2D eigenvalue weighted by molar-refractivity contribution is 0.506. The minimum atomic E-state index is 0.305. The molecule has 0 heterocycles. The molecule has 0 aliphatic rings. The van der Waals surface area contributed by atoms with Gasteiger partial charge in [0.1, 0.15) is 0 Å². The van der Waals surface area contributed by atoms with Crippen LogP contribution in [0.1, 0.15) is 53.0 Å². The molecule has 0 spiro atoms. The first-order chi connectivity index (χ1) is 7.49. The van der Waals surface area contributed by atoms with Gasteiger partial charge in [-0.15, -0.1) is 11.8 Å². The van der Waals surface area contributed by atoms with E-state index in [1.54, 1.807) is 0 Å². The Balaban J connectivity index is 2.75. The molecule has 0 aliphatic carbocycles. The van der Waals surface area contributed by atoms with Crippen molar-refractivity contribution < 1.29 is 0 Å². The maximum Gasteiger partial charge on any atom is 0.00748 e. The van der Waals surface area contributed by atoms with Crippen LogP contribution < -0.4 is 0 Å². The molecule has 90 valence electrons. The van der Waals surface area contributed by atoms with Crippen molar-refractivity contribution in [3.05, 3.63) is 29.8 Å². The number of rotatable bonds is 5. The largest absolute Gasteiger partial charge is 0.123 e. The van der Waals surface area contributed by atoms with Crippen LogP contribution in [0.5, 0.6) is 0 Å². The van der Waals surface area contributed by atoms with E-state index in [-0.39, 0.29) is 0 Å². The van der Waals surface area contributed by atoms with E-state index in [0.29, 0.717) is 10.7 Å². The van der Waals surface area contributed by atoms with Crippen LogP contribution in [-0.4, -0.2) is 5.25 Å². The summed E-state index contributed by atoms with van der Waals surface area (Å²) in [6.45, 7) is 11.4. The van der Waals surface area contributed by atoms with Gasteiger partial charge < -0.3 is 0 Å². The van der Waals surface area contributed by atoms with Gasteiger partial charge in [0.15, 0.2) is 0 Å². The van der Waals surface area contributed by atoms with Gasteiger partial charge in [0.2, 0.25) is 0 Å². The highest BCUT2D eigenvalue weighted by atomic mass is 32.2. The van der Waals surface area contributed by atoms with Gasteiger partial charge in [-0.3, -0.25) is 0 Å². The van der Waals surface area contributed by atoms with Crippen LogP contribution in [0, 0.1) is 0 Å². The molecule has 1 unspecified atom stereocenters. The zero-order chi connectivity index (χ0) is 12.2. The van der Waals surface area contributed by atoms with Gasteiger partial charge in [0.25, 0.3) is 0 Å². The Kier molecular flexibility index (Phi) is 4.91.